The Morgan fingerprint density at radius 1 is 1.45 bits per heavy atom. The van der Waals surface area contributed by atoms with Crippen molar-refractivity contribution in [2.24, 2.45) is 0 Å². The number of nitrogens with zero attached hydrogens (tertiary/aromatic N) is 3. The van der Waals surface area contributed by atoms with Crippen LogP contribution >= 0.6 is 11.5 Å². The zero-order valence-corrected chi connectivity index (χ0v) is 13.6. The maximum Gasteiger partial charge on any atom is 0.357 e. The van der Waals surface area contributed by atoms with Gasteiger partial charge in [0, 0.05) is 34.9 Å². The minimum atomic E-state index is -1.29. The summed E-state index contributed by atoms with van der Waals surface area (Å²) < 4.78 is 33.3. The van der Waals surface area contributed by atoms with E-state index in [1.807, 2.05) is 6.92 Å². The van der Waals surface area contributed by atoms with Gasteiger partial charge in [-0.15, -0.1) is 9.36 Å². The number of halogens is 1. The zero-order chi connectivity index (χ0) is 16.1. The van der Waals surface area contributed by atoms with Crippen LogP contribution in [0.1, 0.15) is 6.92 Å². The molecule has 0 radical (unpaired) electrons. The summed E-state index contributed by atoms with van der Waals surface area (Å²) in [5.41, 5.74) is 0.588. The van der Waals surface area contributed by atoms with Crippen molar-refractivity contribution >= 4 is 34.3 Å². The standard InChI is InChI=1S/C13H14FN3O3S2/c1-3-17(10-6-4-9(14)5-7-10)11(18)8-20-13-15-12(16-21-13)22(2)19/h4-7H,3,8H2,1-2H3. The molecule has 9 heteroatoms. The van der Waals surface area contributed by atoms with E-state index in [1.54, 1.807) is 0 Å². The molecule has 2 aromatic rings. The zero-order valence-electron chi connectivity index (χ0n) is 12.0. The first-order valence-electron chi connectivity index (χ1n) is 6.37. The number of carbonyl (C=O) groups excluding carboxylic acids is 1. The Hall–Kier alpha value is -1.71. The highest BCUT2D eigenvalue weighted by atomic mass is 32.2. The van der Waals surface area contributed by atoms with Crippen molar-refractivity contribution in [3.05, 3.63) is 30.1 Å². The smallest absolute Gasteiger partial charge is 0.357 e. The summed E-state index contributed by atoms with van der Waals surface area (Å²) in [4.78, 5) is 17.6. The molecule has 2 rings (SSSR count). The molecule has 0 aliphatic heterocycles. The molecule has 1 aromatic carbocycles. The first kappa shape index (κ1) is 16.7. The summed E-state index contributed by atoms with van der Waals surface area (Å²) in [7, 11) is 0. The van der Waals surface area contributed by atoms with Crippen molar-refractivity contribution in [2.75, 3.05) is 24.3 Å². The third-order valence-corrected chi connectivity index (χ3v) is 4.16. The summed E-state index contributed by atoms with van der Waals surface area (Å²) in [6.07, 6.45) is 1.46. The molecule has 0 fully saturated rings. The van der Waals surface area contributed by atoms with Crippen LogP contribution in [0.2, 0.25) is 0 Å². The van der Waals surface area contributed by atoms with Crippen LogP contribution in [0.4, 0.5) is 10.1 Å². The minimum absolute atomic E-state index is 0.179. The van der Waals surface area contributed by atoms with Crippen molar-refractivity contribution < 1.29 is 18.5 Å². The fourth-order valence-electron chi connectivity index (χ4n) is 1.70. The second-order valence-electron chi connectivity index (χ2n) is 4.20. The largest absolute Gasteiger partial charge is 0.609 e. The number of amides is 1. The fraction of sp³-hybridized carbons (Fsp3) is 0.308. The molecule has 0 aliphatic carbocycles. The van der Waals surface area contributed by atoms with E-state index in [2.05, 4.69) is 9.36 Å². The Balaban J connectivity index is 1.98. The Labute approximate surface area is 134 Å². The van der Waals surface area contributed by atoms with Crippen molar-refractivity contribution in [1.82, 2.24) is 9.36 Å². The van der Waals surface area contributed by atoms with E-state index in [0.717, 1.165) is 11.5 Å². The van der Waals surface area contributed by atoms with Crippen molar-refractivity contribution in [2.45, 2.75) is 12.1 Å². The first-order valence-corrected chi connectivity index (χ1v) is 8.70. The lowest BCUT2D eigenvalue weighted by atomic mass is 10.2. The van der Waals surface area contributed by atoms with Crippen LogP contribution in [0.25, 0.3) is 0 Å². The summed E-state index contributed by atoms with van der Waals surface area (Å²) >= 11 is -0.347. The molecule has 0 N–H and O–H groups in total. The van der Waals surface area contributed by atoms with Gasteiger partial charge in [-0.05, 0) is 31.2 Å². The second kappa shape index (κ2) is 7.52. The molecule has 6 nitrogen and oxygen atoms in total. The van der Waals surface area contributed by atoms with E-state index in [1.165, 1.54) is 35.4 Å². The maximum absolute atomic E-state index is 12.9. The number of aromatic nitrogens is 2. The summed E-state index contributed by atoms with van der Waals surface area (Å²) in [5.74, 6) is -0.652. The van der Waals surface area contributed by atoms with Gasteiger partial charge in [-0.2, -0.15) is 0 Å². The van der Waals surface area contributed by atoms with Crippen LogP contribution in [0.15, 0.2) is 29.4 Å². The van der Waals surface area contributed by atoms with Gasteiger partial charge in [0.15, 0.2) is 6.61 Å². The third-order valence-electron chi connectivity index (χ3n) is 2.72. The lowest BCUT2D eigenvalue weighted by Gasteiger charge is -2.20. The molecule has 0 bridgehead atoms. The lowest BCUT2D eigenvalue weighted by Crippen LogP contribution is -2.34. The maximum atomic E-state index is 12.9. The topological polar surface area (TPSA) is 78.4 Å². The Kier molecular flexibility index (Phi) is 5.69. The van der Waals surface area contributed by atoms with Gasteiger partial charge in [-0.3, -0.25) is 4.79 Å². The van der Waals surface area contributed by atoms with E-state index in [4.69, 9.17) is 4.74 Å². The van der Waals surface area contributed by atoms with Gasteiger partial charge in [0.2, 0.25) is 0 Å². The molecule has 1 atom stereocenters. The van der Waals surface area contributed by atoms with E-state index < -0.39 is 11.2 Å². The molecule has 0 spiro atoms. The number of carbonyl (C=O) groups is 1. The SMILES string of the molecule is CCN(C(=O)COc1nc([S+](C)[O-])ns1)c1ccc(F)cc1. The molecule has 118 valence electrons. The molecular formula is C13H14FN3O3S2. The highest BCUT2D eigenvalue weighted by molar-refractivity contribution is 7.90. The van der Waals surface area contributed by atoms with E-state index in [-0.39, 0.29) is 28.7 Å². The van der Waals surface area contributed by atoms with Crippen molar-refractivity contribution in [3.63, 3.8) is 0 Å². The number of ether oxygens (including phenoxy) is 1. The Morgan fingerprint density at radius 3 is 2.68 bits per heavy atom. The summed E-state index contributed by atoms with van der Waals surface area (Å²) in [5, 5.41) is 0.368. The van der Waals surface area contributed by atoms with Crippen LogP contribution in [0.3, 0.4) is 0 Å². The molecule has 0 saturated heterocycles. The van der Waals surface area contributed by atoms with Crippen LogP contribution < -0.4 is 9.64 Å². The number of rotatable bonds is 6. The number of benzene rings is 1. The van der Waals surface area contributed by atoms with E-state index >= 15 is 0 Å². The number of anilines is 1. The summed E-state index contributed by atoms with van der Waals surface area (Å²) in [6, 6.07) is 5.64. The molecule has 22 heavy (non-hydrogen) atoms. The molecular weight excluding hydrogens is 329 g/mol. The first-order chi connectivity index (χ1) is 10.5. The molecule has 1 heterocycles. The fourth-order valence-corrected chi connectivity index (χ4v) is 2.93. The van der Waals surface area contributed by atoms with Crippen LogP contribution in [-0.2, 0) is 16.0 Å². The van der Waals surface area contributed by atoms with Crippen LogP contribution in [-0.4, -0.2) is 39.2 Å². The average molecular weight is 343 g/mol. The number of hydrogen-bond acceptors (Lipinski definition) is 6. The molecule has 1 amide bonds. The van der Waals surface area contributed by atoms with Gasteiger partial charge in [-0.25, -0.2) is 4.39 Å². The summed E-state index contributed by atoms with van der Waals surface area (Å²) in [6.45, 7) is 2.01. The van der Waals surface area contributed by atoms with Crippen molar-refractivity contribution in [3.8, 4) is 5.19 Å². The van der Waals surface area contributed by atoms with Crippen LogP contribution in [0.5, 0.6) is 5.19 Å². The number of hydrogen-bond donors (Lipinski definition) is 0. The average Bonchev–Trinajstić information content (AvgIpc) is 2.97. The van der Waals surface area contributed by atoms with Gasteiger partial charge in [-0.1, -0.05) is 0 Å². The van der Waals surface area contributed by atoms with Gasteiger partial charge in [0.25, 0.3) is 11.1 Å². The molecule has 1 unspecified atom stereocenters. The van der Waals surface area contributed by atoms with Gasteiger partial charge >= 0.3 is 5.16 Å². The highest BCUT2D eigenvalue weighted by Crippen LogP contribution is 2.18. The van der Waals surface area contributed by atoms with Gasteiger partial charge < -0.3 is 14.2 Å². The van der Waals surface area contributed by atoms with E-state index in [9.17, 15) is 13.7 Å². The minimum Gasteiger partial charge on any atom is -0.609 e. The third kappa shape index (κ3) is 4.15. The molecule has 1 aromatic heterocycles. The van der Waals surface area contributed by atoms with Crippen molar-refractivity contribution in [1.29, 1.82) is 0 Å². The highest BCUT2D eigenvalue weighted by Gasteiger charge is 2.18. The molecule has 0 aliphatic rings. The Bertz CT molecular complexity index is 634. The van der Waals surface area contributed by atoms with Gasteiger partial charge in [0.05, 0.1) is 0 Å². The van der Waals surface area contributed by atoms with Gasteiger partial charge in [0.1, 0.15) is 12.1 Å². The Morgan fingerprint density at radius 2 is 2.14 bits per heavy atom. The monoisotopic (exact) mass is 343 g/mol. The van der Waals surface area contributed by atoms with Crippen LogP contribution in [0, 0.1) is 5.82 Å². The predicted molar refractivity (Wildman–Crippen MR) is 82.2 cm³/mol. The quantitative estimate of drug-likeness (QED) is 0.748. The lowest BCUT2D eigenvalue weighted by molar-refractivity contribution is -0.120. The predicted octanol–water partition coefficient (Wildman–Crippen LogP) is 1.85. The van der Waals surface area contributed by atoms with E-state index in [0.29, 0.717) is 12.2 Å². The molecule has 0 saturated carbocycles. The second-order valence-corrected chi connectivity index (χ2v) is 6.19. The number of likely N-dealkylation sites (N-methyl/N-ethyl adjacent to an activating group) is 1. The normalized spacial score (nSPS) is 12.0.